The van der Waals surface area contributed by atoms with Crippen molar-refractivity contribution in [2.24, 2.45) is 11.1 Å². The second-order valence-electron chi connectivity index (χ2n) is 4.64. The molecule has 0 aliphatic carbocycles. The van der Waals surface area contributed by atoms with Gasteiger partial charge < -0.3 is 15.8 Å². The number of benzene rings is 1. The molecule has 1 aromatic carbocycles. The van der Waals surface area contributed by atoms with Crippen LogP contribution in [0.5, 0.6) is 5.75 Å². The Kier molecular flexibility index (Phi) is 3.22. The summed E-state index contributed by atoms with van der Waals surface area (Å²) in [6.45, 7) is 3.38. The van der Waals surface area contributed by atoms with E-state index in [0.29, 0.717) is 18.2 Å². The third-order valence-corrected chi connectivity index (χ3v) is 2.97. The molecule has 0 aromatic heterocycles. The molecule has 4 heteroatoms. The lowest BCUT2D eigenvalue weighted by atomic mass is 9.89. The normalized spacial score (nSPS) is 23.1. The van der Waals surface area contributed by atoms with Crippen molar-refractivity contribution >= 4 is 0 Å². The number of halogens is 1. The molecule has 92 valence electrons. The van der Waals surface area contributed by atoms with Crippen molar-refractivity contribution in [2.45, 2.75) is 13.3 Å². The molecule has 1 atom stereocenters. The molecule has 0 saturated heterocycles. The van der Waals surface area contributed by atoms with Crippen LogP contribution >= 0.6 is 0 Å². The van der Waals surface area contributed by atoms with Gasteiger partial charge in [0.05, 0.1) is 12.4 Å². The van der Waals surface area contributed by atoms with E-state index >= 15 is 0 Å². The Labute approximate surface area is 100 Å². The first kappa shape index (κ1) is 11.8. The zero-order valence-corrected chi connectivity index (χ0v) is 9.87. The molecule has 2 rings (SSSR count). The summed E-state index contributed by atoms with van der Waals surface area (Å²) in [6.07, 6.45) is 2.80. The zero-order valence-electron chi connectivity index (χ0n) is 9.87. The lowest BCUT2D eigenvalue weighted by Gasteiger charge is -2.20. The molecule has 0 fully saturated rings. The van der Waals surface area contributed by atoms with E-state index < -0.39 is 0 Å². The van der Waals surface area contributed by atoms with Gasteiger partial charge in [0, 0.05) is 12.0 Å². The molecule has 1 aliphatic rings. The Morgan fingerprint density at radius 3 is 2.88 bits per heavy atom. The van der Waals surface area contributed by atoms with Gasteiger partial charge in [-0.2, -0.15) is 0 Å². The zero-order chi connectivity index (χ0) is 12.3. The van der Waals surface area contributed by atoms with Crippen LogP contribution in [0.2, 0.25) is 0 Å². The summed E-state index contributed by atoms with van der Waals surface area (Å²) in [5, 5.41) is 3.08. The predicted octanol–water partition coefficient (Wildman–Crippen LogP) is 2.00. The molecule has 1 aliphatic heterocycles. The van der Waals surface area contributed by atoms with Crippen molar-refractivity contribution in [3.63, 3.8) is 0 Å². The first-order valence-electron chi connectivity index (χ1n) is 5.69. The van der Waals surface area contributed by atoms with Crippen LogP contribution in [0.4, 0.5) is 4.39 Å². The van der Waals surface area contributed by atoms with E-state index in [2.05, 4.69) is 12.2 Å². The third-order valence-electron chi connectivity index (χ3n) is 2.97. The van der Waals surface area contributed by atoms with Gasteiger partial charge in [0.15, 0.2) is 11.6 Å². The number of nitrogens with one attached hydrogen (secondary N) is 1. The van der Waals surface area contributed by atoms with Crippen molar-refractivity contribution in [1.29, 1.82) is 0 Å². The molecule has 3 N–H and O–H groups in total. The number of hydrogen-bond donors (Lipinski definition) is 2. The van der Waals surface area contributed by atoms with Crippen molar-refractivity contribution in [2.75, 3.05) is 13.2 Å². The van der Waals surface area contributed by atoms with Crippen molar-refractivity contribution in [3.8, 4) is 5.75 Å². The summed E-state index contributed by atoms with van der Waals surface area (Å²) < 4.78 is 18.7. The monoisotopic (exact) mass is 236 g/mol. The van der Waals surface area contributed by atoms with E-state index in [1.165, 1.54) is 6.07 Å². The number of hydrogen-bond acceptors (Lipinski definition) is 3. The van der Waals surface area contributed by atoms with Gasteiger partial charge in [-0.3, -0.25) is 0 Å². The number of ether oxygens (including phenoxy) is 1. The van der Waals surface area contributed by atoms with E-state index in [9.17, 15) is 4.39 Å². The van der Waals surface area contributed by atoms with Crippen LogP contribution < -0.4 is 15.8 Å². The Hall–Kier alpha value is -1.71. The lowest BCUT2D eigenvalue weighted by molar-refractivity contribution is 0.246. The smallest absolute Gasteiger partial charge is 0.165 e. The molecule has 3 nitrogen and oxygen atoms in total. The van der Waals surface area contributed by atoms with E-state index in [1.54, 1.807) is 18.2 Å². The van der Waals surface area contributed by atoms with Crippen LogP contribution in [0.15, 0.2) is 36.2 Å². The number of para-hydroxylation sites is 1. The maximum absolute atomic E-state index is 13.3. The largest absolute Gasteiger partial charge is 0.490 e. The maximum Gasteiger partial charge on any atom is 0.165 e. The van der Waals surface area contributed by atoms with Gasteiger partial charge in [0.2, 0.25) is 0 Å². The molecule has 0 amide bonds. The summed E-state index contributed by atoms with van der Waals surface area (Å²) in [5.74, 6) is 0.689. The molecular weight excluding hydrogens is 219 g/mol. The topological polar surface area (TPSA) is 47.3 Å². The van der Waals surface area contributed by atoms with E-state index in [4.69, 9.17) is 10.5 Å². The molecule has 0 radical (unpaired) electrons. The van der Waals surface area contributed by atoms with Crippen LogP contribution in [-0.2, 0) is 0 Å². The number of nitrogens with two attached hydrogens (primary N) is 1. The van der Waals surface area contributed by atoms with Gasteiger partial charge in [0.25, 0.3) is 0 Å². The minimum Gasteiger partial charge on any atom is -0.490 e. The average molecular weight is 236 g/mol. The van der Waals surface area contributed by atoms with Gasteiger partial charge in [0.1, 0.15) is 0 Å². The Bertz CT molecular complexity index is 433. The molecule has 0 spiro atoms. The van der Waals surface area contributed by atoms with Gasteiger partial charge in [-0.05, 0) is 24.6 Å². The second-order valence-corrected chi connectivity index (χ2v) is 4.64. The molecule has 17 heavy (non-hydrogen) atoms. The number of rotatable bonds is 4. The van der Waals surface area contributed by atoms with Gasteiger partial charge in [-0.25, -0.2) is 4.39 Å². The molecule has 0 bridgehead atoms. The highest BCUT2D eigenvalue weighted by molar-refractivity contribution is 5.23. The van der Waals surface area contributed by atoms with E-state index in [-0.39, 0.29) is 11.2 Å². The van der Waals surface area contributed by atoms with Crippen molar-refractivity contribution < 1.29 is 9.13 Å². The highest BCUT2D eigenvalue weighted by atomic mass is 19.1. The average Bonchev–Trinajstić information content (AvgIpc) is 2.62. The fourth-order valence-corrected chi connectivity index (χ4v) is 1.90. The van der Waals surface area contributed by atoms with Crippen LogP contribution in [-0.4, -0.2) is 13.2 Å². The van der Waals surface area contributed by atoms with Gasteiger partial charge >= 0.3 is 0 Å². The summed E-state index contributed by atoms with van der Waals surface area (Å²) in [7, 11) is 0. The Morgan fingerprint density at radius 1 is 1.47 bits per heavy atom. The summed E-state index contributed by atoms with van der Waals surface area (Å²) in [4.78, 5) is 0. The van der Waals surface area contributed by atoms with Crippen LogP contribution in [0, 0.1) is 11.2 Å². The second kappa shape index (κ2) is 4.65. The molecule has 1 aromatic rings. The first-order chi connectivity index (χ1) is 8.09. The third kappa shape index (κ3) is 2.90. The Balaban J connectivity index is 1.86. The SMILES string of the molecule is CC1(CCOc2ccccc2F)C=C(N)NC1. The standard InChI is InChI=1S/C13H17FN2O/c1-13(8-12(15)16-9-13)6-7-17-11-5-3-2-4-10(11)14/h2-5,8,16H,6-7,9,15H2,1H3. The Morgan fingerprint density at radius 2 is 2.24 bits per heavy atom. The highest BCUT2D eigenvalue weighted by Gasteiger charge is 2.26. The van der Waals surface area contributed by atoms with E-state index in [1.807, 2.05) is 6.08 Å². The fraction of sp³-hybridized carbons (Fsp3) is 0.385. The highest BCUT2D eigenvalue weighted by Crippen LogP contribution is 2.27. The van der Waals surface area contributed by atoms with Crippen molar-refractivity contribution in [3.05, 3.63) is 42.0 Å². The van der Waals surface area contributed by atoms with Gasteiger partial charge in [-0.1, -0.05) is 19.1 Å². The molecule has 1 unspecified atom stereocenters. The van der Waals surface area contributed by atoms with Crippen molar-refractivity contribution in [1.82, 2.24) is 5.32 Å². The van der Waals surface area contributed by atoms with E-state index in [0.717, 1.165) is 13.0 Å². The lowest BCUT2D eigenvalue weighted by Crippen LogP contribution is -2.24. The van der Waals surface area contributed by atoms with Crippen LogP contribution in [0.3, 0.4) is 0 Å². The maximum atomic E-state index is 13.3. The summed E-state index contributed by atoms with van der Waals surface area (Å²) in [6, 6.07) is 6.43. The fourth-order valence-electron chi connectivity index (χ4n) is 1.90. The molecule has 1 heterocycles. The molecular formula is C13H17FN2O. The molecule has 0 saturated carbocycles. The quantitative estimate of drug-likeness (QED) is 0.840. The first-order valence-corrected chi connectivity index (χ1v) is 5.69. The minimum atomic E-state index is -0.322. The van der Waals surface area contributed by atoms with Crippen LogP contribution in [0.25, 0.3) is 0 Å². The summed E-state index contributed by atoms with van der Waals surface area (Å²) >= 11 is 0. The summed E-state index contributed by atoms with van der Waals surface area (Å²) in [5.41, 5.74) is 5.66. The minimum absolute atomic E-state index is 0.00462. The predicted molar refractivity (Wildman–Crippen MR) is 64.9 cm³/mol. The van der Waals surface area contributed by atoms with Gasteiger partial charge in [-0.15, -0.1) is 0 Å². The van der Waals surface area contributed by atoms with Crippen LogP contribution in [0.1, 0.15) is 13.3 Å².